The van der Waals surface area contributed by atoms with E-state index < -0.39 is 6.10 Å². The molecule has 0 saturated carbocycles. The highest BCUT2D eigenvalue weighted by Gasteiger charge is 2.25. The summed E-state index contributed by atoms with van der Waals surface area (Å²) in [5.41, 5.74) is 0.894. The van der Waals surface area contributed by atoms with E-state index >= 15 is 0 Å². The van der Waals surface area contributed by atoms with Crippen molar-refractivity contribution in [1.82, 2.24) is 9.88 Å². The molecule has 1 aliphatic heterocycles. The maximum absolute atomic E-state index is 13.7. The molecule has 1 aliphatic rings. The normalized spacial score (nSPS) is 18.7. The number of pyridine rings is 1. The molecule has 25 heavy (non-hydrogen) atoms. The van der Waals surface area contributed by atoms with E-state index in [1.54, 1.807) is 36.5 Å². The fourth-order valence-electron chi connectivity index (χ4n) is 3.15. The van der Waals surface area contributed by atoms with Crippen molar-refractivity contribution in [1.29, 1.82) is 5.26 Å². The highest BCUT2D eigenvalue weighted by molar-refractivity contribution is 5.38. The van der Waals surface area contributed by atoms with Crippen molar-refractivity contribution in [3.63, 3.8) is 0 Å². The highest BCUT2D eigenvalue weighted by Crippen LogP contribution is 2.22. The van der Waals surface area contributed by atoms with Gasteiger partial charge in [-0.15, -0.1) is 0 Å². The summed E-state index contributed by atoms with van der Waals surface area (Å²) in [6.45, 7) is 2.96. The Morgan fingerprint density at radius 3 is 2.92 bits per heavy atom. The zero-order chi connectivity index (χ0) is 17.6. The van der Waals surface area contributed by atoms with Gasteiger partial charge in [-0.3, -0.25) is 0 Å². The van der Waals surface area contributed by atoms with Crippen molar-refractivity contribution in [2.45, 2.75) is 12.5 Å². The van der Waals surface area contributed by atoms with Gasteiger partial charge in [0.25, 0.3) is 0 Å². The maximum Gasteiger partial charge on any atom is 0.129 e. The van der Waals surface area contributed by atoms with Crippen LogP contribution in [0.5, 0.6) is 0 Å². The number of benzene rings is 1. The fourth-order valence-corrected chi connectivity index (χ4v) is 3.15. The third kappa shape index (κ3) is 4.53. The maximum atomic E-state index is 13.7. The van der Waals surface area contributed by atoms with E-state index in [-0.39, 0.29) is 5.82 Å². The smallest absolute Gasteiger partial charge is 0.129 e. The molecule has 0 unspecified atom stereocenters. The Bertz CT molecular complexity index is 744. The zero-order valence-electron chi connectivity index (χ0n) is 13.9. The predicted molar refractivity (Wildman–Crippen MR) is 93.3 cm³/mol. The number of hydrogen-bond donors (Lipinski definition) is 2. The summed E-state index contributed by atoms with van der Waals surface area (Å²) < 4.78 is 13.7. The lowest BCUT2D eigenvalue weighted by molar-refractivity contribution is 0.121. The monoisotopic (exact) mass is 340 g/mol. The SMILES string of the molecule is N#Cc1ccc(NC[C@H]2CCN(C[C@@H](O)c3ccccc3F)C2)nc1. The molecule has 3 rings (SSSR count). The van der Waals surface area contributed by atoms with Crippen LogP contribution in [0, 0.1) is 23.1 Å². The zero-order valence-corrected chi connectivity index (χ0v) is 13.9. The average molecular weight is 340 g/mol. The molecule has 1 aromatic heterocycles. The largest absolute Gasteiger partial charge is 0.387 e. The van der Waals surface area contributed by atoms with E-state index in [1.807, 2.05) is 6.07 Å². The van der Waals surface area contributed by atoms with Gasteiger partial charge in [0, 0.05) is 31.4 Å². The highest BCUT2D eigenvalue weighted by atomic mass is 19.1. The number of β-amino-alcohol motifs (C(OH)–C–C–N with tert-alkyl or cyclic N) is 1. The molecule has 0 bridgehead atoms. The van der Waals surface area contributed by atoms with Crippen LogP contribution < -0.4 is 5.32 Å². The summed E-state index contributed by atoms with van der Waals surface area (Å²) in [6, 6.07) is 12.0. The first-order chi connectivity index (χ1) is 12.2. The molecule has 0 aliphatic carbocycles. The van der Waals surface area contributed by atoms with Crippen molar-refractivity contribution in [2.24, 2.45) is 5.92 Å². The van der Waals surface area contributed by atoms with Crippen molar-refractivity contribution in [3.8, 4) is 6.07 Å². The predicted octanol–water partition coefficient (Wildman–Crippen LogP) is 2.56. The number of halogens is 1. The standard InChI is InChI=1S/C19H21FN4O/c20-17-4-2-1-3-16(17)18(25)13-24-8-7-15(12-24)11-23-19-6-5-14(9-21)10-22-19/h1-6,10,15,18,25H,7-8,11-13H2,(H,22,23)/t15-,18-/m1/s1. The van der Waals surface area contributed by atoms with E-state index in [0.717, 1.165) is 31.9 Å². The minimum atomic E-state index is -0.812. The van der Waals surface area contributed by atoms with Crippen LogP contribution in [0.15, 0.2) is 42.6 Å². The average Bonchev–Trinajstić information content (AvgIpc) is 3.08. The van der Waals surface area contributed by atoms with Crippen LogP contribution in [0.3, 0.4) is 0 Å². The van der Waals surface area contributed by atoms with Crippen LogP contribution in [0.1, 0.15) is 23.7 Å². The van der Waals surface area contributed by atoms with Gasteiger partial charge in [0.1, 0.15) is 17.7 Å². The van der Waals surface area contributed by atoms with Crippen LogP contribution in [0.2, 0.25) is 0 Å². The lowest BCUT2D eigenvalue weighted by atomic mass is 10.1. The van der Waals surface area contributed by atoms with E-state index in [2.05, 4.69) is 15.2 Å². The molecule has 2 heterocycles. The van der Waals surface area contributed by atoms with Gasteiger partial charge in [-0.25, -0.2) is 9.37 Å². The van der Waals surface area contributed by atoms with E-state index in [4.69, 9.17) is 5.26 Å². The van der Waals surface area contributed by atoms with Gasteiger partial charge in [-0.1, -0.05) is 18.2 Å². The number of nitriles is 1. The molecule has 0 amide bonds. The molecule has 0 radical (unpaired) electrons. The summed E-state index contributed by atoms with van der Waals surface area (Å²) in [5, 5.41) is 22.3. The Morgan fingerprint density at radius 1 is 1.36 bits per heavy atom. The summed E-state index contributed by atoms with van der Waals surface area (Å²) >= 11 is 0. The van der Waals surface area contributed by atoms with Gasteiger partial charge in [-0.2, -0.15) is 5.26 Å². The number of rotatable bonds is 6. The summed E-state index contributed by atoms with van der Waals surface area (Å²) in [4.78, 5) is 6.36. The summed E-state index contributed by atoms with van der Waals surface area (Å²) in [7, 11) is 0. The second kappa shape index (κ2) is 8.06. The van der Waals surface area contributed by atoms with Crippen LogP contribution >= 0.6 is 0 Å². The topological polar surface area (TPSA) is 72.2 Å². The van der Waals surface area contributed by atoms with Crippen molar-refractivity contribution in [2.75, 3.05) is 31.5 Å². The number of aliphatic hydroxyl groups is 1. The molecule has 2 atom stereocenters. The van der Waals surface area contributed by atoms with Crippen LogP contribution in [0.4, 0.5) is 10.2 Å². The Hall–Kier alpha value is -2.49. The number of nitrogens with one attached hydrogen (secondary N) is 1. The molecule has 5 nitrogen and oxygen atoms in total. The third-order valence-electron chi connectivity index (χ3n) is 4.53. The van der Waals surface area contributed by atoms with Crippen LogP contribution in [0.25, 0.3) is 0 Å². The Kier molecular flexibility index (Phi) is 5.59. The van der Waals surface area contributed by atoms with Crippen molar-refractivity contribution in [3.05, 3.63) is 59.5 Å². The number of likely N-dealkylation sites (tertiary alicyclic amines) is 1. The van der Waals surface area contributed by atoms with Gasteiger partial charge in [-0.05, 0) is 37.1 Å². The number of anilines is 1. The molecule has 1 fully saturated rings. The molecule has 1 saturated heterocycles. The molecular weight excluding hydrogens is 319 g/mol. The van der Waals surface area contributed by atoms with Gasteiger partial charge < -0.3 is 15.3 Å². The van der Waals surface area contributed by atoms with Crippen molar-refractivity contribution < 1.29 is 9.50 Å². The van der Waals surface area contributed by atoms with Gasteiger partial charge in [0.05, 0.1) is 11.7 Å². The van der Waals surface area contributed by atoms with E-state index in [9.17, 15) is 9.50 Å². The lowest BCUT2D eigenvalue weighted by Crippen LogP contribution is -2.28. The number of nitrogens with zero attached hydrogens (tertiary/aromatic N) is 3. The van der Waals surface area contributed by atoms with E-state index in [0.29, 0.717) is 23.6 Å². The molecular formula is C19H21FN4O. The van der Waals surface area contributed by atoms with Crippen LogP contribution in [-0.2, 0) is 0 Å². The molecule has 130 valence electrons. The number of hydrogen-bond acceptors (Lipinski definition) is 5. The minimum absolute atomic E-state index is 0.353. The molecule has 2 aromatic rings. The first-order valence-corrected chi connectivity index (χ1v) is 8.40. The van der Waals surface area contributed by atoms with E-state index in [1.165, 1.54) is 6.07 Å². The molecule has 2 N–H and O–H groups in total. The first kappa shape index (κ1) is 17.3. The fraction of sp³-hybridized carbons (Fsp3) is 0.368. The second-order valence-electron chi connectivity index (χ2n) is 6.38. The molecule has 0 spiro atoms. The van der Waals surface area contributed by atoms with Crippen molar-refractivity contribution >= 4 is 5.82 Å². The van der Waals surface area contributed by atoms with Crippen LogP contribution in [-0.4, -0.2) is 41.2 Å². The Labute approximate surface area is 146 Å². The quantitative estimate of drug-likeness (QED) is 0.846. The summed E-state index contributed by atoms with van der Waals surface area (Å²) in [6.07, 6.45) is 1.76. The minimum Gasteiger partial charge on any atom is -0.387 e. The third-order valence-corrected chi connectivity index (χ3v) is 4.53. The lowest BCUT2D eigenvalue weighted by Gasteiger charge is -2.21. The first-order valence-electron chi connectivity index (χ1n) is 8.40. The summed E-state index contributed by atoms with van der Waals surface area (Å²) in [5.74, 6) is 0.841. The molecule has 1 aromatic carbocycles. The van der Waals surface area contributed by atoms with Gasteiger partial charge in [0.15, 0.2) is 0 Å². The molecule has 6 heteroatoms. The van der Waals surface area contributed by atoms with Gasteiger partial charge >= 0.3 is 0 Å². The van der Waals surface area contributed by atoms with Gasteiger partial charge in [0.2, 0.25) is 0 Å². The number of aliphatic hydroxyl groups excluding tert-OH is 1. The Morgan fingerprint density at radius 2 is 2.20 bits per heavy atom. The second-order valence-corrected chi connectivity index (χ2v) is 6.38. The Balaban J connectivity index is 1.47. The number of aromatic nitrogens is 1.